The van der Waals surface area contributed by atoms with Crippen molar-refractivity contribution in [3.8, 4) is 0 Å². The van der Waals surface area contributed by atoms with Gasteiger partial charge in [-0.1, -0.05) is 13.8 Å². The zero-order chi connectivity index (χ0) is 12.7. The van der Waals surface area contributed by atoms with Crippen molar-refractivity contribution in [1.82, 2.24) is 13.9 Å². The number of hydrogen-bond acceptors (Lipinski definition) is 4. The summed E-state index contributed by atoms with van der Waals surface area (Å²) in [6, 6.07) is 0. The first kappa shape index (κ1) is 14.8. The van der Waals surface area contributed by atoms with Crippen molar-refractivity contribution in [3.63, 3.8) is 0 Å². The van der Waals surface area contributed by atoms with Crippen LogP contribution in [0.25, 0.3) is 0 Å². The van der Waals surface area contributed by atoms with Crippen LogP contribution in [0.3, 0.4) is 0 Å². The van der Waals surface area contributed by atoms with E-state index in [4.69, 9.17) is 4.74 Å². The summed E-state index contributed by atoms with van der Waals surface area (Å²) < 4.78 is 32.9. The first-order chi connectivity index (χ1) is 8.10. The molecule has 1 saturated heterocycles. The third-order valence-corrected chi connectivity index (χ3v) is 4.63. The maximum absolute atomic E-state index is 11.8. The van der Waals surface area contributed by atoms with Crippen LogP contribution >= 0.6 is 0 Å². The molecule has 7 heteroatoms. The lowest BCUT2D eigenvalue weighted by atomic mass is 10.4. The molecular formula is C10H23N3O3S. The van der Waals surface area contributed by atoms with Gasteiger partial charge in [0.25, 0.3) is 10.2 Å². The van der Waals surface area contributed by atoms with Crippen molar-refractivity contribution < 1.29 is 13.2 Å². The van der Waals surface area contributed by atoms with E-state index in [1.807, 2.05) is 13.8 Å². The van der Waals surface area contributed by atoms with E-state index in [1.165, 1.54) is 4.31 Å². The van der Waals surface area contributed by atoms with Crippen LogP contribution in [0.15, 0.2) is 0 Å². The molecular weight excluding hydrogens is 242 g/mol. The number of ether oxygens (including phenoxy) is 1. The zero-order valence-electron chi connectivity index (χ0n) is 10.7. The van der Waals surface area contributed by atoms with Crippen LogP contribution in [0.2, 0.25) is 0 Å². The summed E-state index contributed by atoms with van der Waals surface area (Å²) in [7, 11) is -3.30. The predicted octanol–water partition coefficient (Wildman–Crippen LogP) is -0.505. The highest BCUT2D eigenvalue weighted by molar-refractivity contribution is 7.87. The molecule has 17 heavy (non-hydrogen) atoms. The Morgan fingerprint density at radius 1 is 1.24 bits per heavy atom. The molecule has 1 aliphatic heterocycles. The van der Waals surface area contributed by atoms with E-state index in [9.17, 15) is 8.42 Å². The van der Waals surface area contributed by atoms with Gasteiger partial charge in [-0.25, -0.2) is 4.72 Å². The predicted molar refractivity (Wildman–Crippen MR) is 67.1 cm³/mol. The van der Waals surface area contributed by atoms with Gasteiger partial charge in [0.2, 0.25) is 0 Å². The molecule has 1 N–H and O–H groups in total. The van der Waals surface area contributed by atoms with Crippen LogP contribution in [0.5, 0.6) is 0 Å². The second-order valence-corrected chi connectivity index (χ2v) is 5.69. The summed E-state index contributed by atoms with van der Waals surface area (Å²) in [6.45, 7) is 9.12. The number of nitrogens with one attached hydrogen (secondary N) is 1. The molecule has 1 fully saturated rings. The first-order valence-electron chi connectivity index (χ1n) is 6.15. The lowest BCUT2D eigenvalue weighted by molar-refractivity contribution is 0.0390. The minimum atomic E-state index is -3.30. The van der Waals surface area contributed by atoms with E-state index in [0.717, 1.165) is 32.8 Å². The molecule has 1 rings (SSSR count). The number of morpholine rings is 1. The first-order valence-corrected chi connectivity index (χ1v) is 7.59. The molecule has 0 spiro atoms. The van der Waals surface area contributed by atoms with Crippen LogP contribution in [-0.4, -0.2) is 70.1 Å². The fraction of sp³-hybridized carbons (Fsp3) is 1.00. The van der Waals surface area contributed by atoms with Gasteiger partial charge in [-0.15, -0.1) is 0 Å². The van der Waals surface area contributed by atoms with Gasteiger partial charge in [0.1, 0.15) is 0 Å². The molecule has 0 atom stereocenters. The third kappa shape index (κ3) is 4.89. The molecule has 0 radical (unpaired) electrons. The molecule has 0 unspecified atom stereocenters. The fourth-order valence-corrected chi connectivity index (χ4v) is 3.02. The van der Waals surface area contributed by atoms with Crippen LogP contribution in [0, 0.1) is 0 Å². The van der Waals surface area contributed by atoms with E-state index >= 15 is 0 Å². The van der Waals surface area contributed by atoms with Gasteiger partial charge in [0.15, 0.2) is 0 Å². The normalized spacial score (nSPS) is 18.8. The summed E-state index contributed by atoms with van der Waals surface area (Å²) in [4.78, 5) is 2.20. The fourth-order valence-electron chi connectivity index (χ4n) is 1.81. The maximum atomic E-state index is 11.8. The van der Waals surface area contributed by atoms with Crippen LogP contribution < -0.4 is 4.72 Å². The minimum Gasteiger partial charge on any atom is -0.379 e. The van der Waals surface area contributed by atoms with Crippen LogP contribution in [0.1, 0.15) is 13.8 Å². The van der Waals surface area contributed by atoms with Gasteiger partial charge in [-0.05, 0) is 0 Å². The summed E-state index contributed by atoms with van der Waals surface area (Å²) in [5.74, 6) is 0. The van der Waals surface area contributed by atoms with Crippen LogP contribution in [0.4, 0.5) is 0 Å². The van der Waals surface area contributed by atoms with Gasteiger partial charge in [-0.3, -0.25) is 4.90 Å². The van der Waals surface area contributed by atoms with Gasteiger partial charge >= 0.3 is 0 Å². The Labute approximate surface area is 104 Å². The molecule has 6 nitrogen and oxygen atoms in total. The Hall–Kier alpha value is -0.210. The van der Waals surface area contributed by atoms with E-state index in [1.54, 1.807) is 0 Å². The average molecular weight is 265 g/mol. The van der Waals surface area contributed by atoms with Gasteiger partial charge < -0.3 is 4.74 Å². The summed E-state index contributed by atoms with van der Waals surface area (Å²) >= 11 is 0. The molecule has 1 aliphatic rings. The topological polar surface area (TPSA) is 61.9 Å². The molecule has 0 aliphatic carbocycles. The number of hydrogen-bond donors (Lipinski definition) is 1. The van der Waals surface area contributed by atoms with Gasteiger partial charge in [0.05, 0.1) is 13.2 Å². The van der Waals surface area contributed by atoms with Crippen molar-refractivity contribution in [3.05, 3.63) is 0 Å². The molecule has 0 amide bonds. The van der Waals surface area contributed by atoms with Crippen LogP contribution in [-0.2, 0) is 14.9 Å². The lowest BCUT2D eigenvalue weighted by Crippen LogP contribution is -2.45. The minimum absolute atomic E-state index is 0.457. The molecule has 0 saturated carbocycles. The number of rotatable bonds is 7. The van der Waals surface area contributed by atoms with Gasteiger partial charge in [-0.2, -0.15) is 12.7 Å². The summed E-state index contributed by atoms with van der Waals surface area (Å²) in [5.41, 5.74) is 0. The van der Waals surface area contributed by atoms with Crippen molar-refractivity contribution in [2.75, 3.05) is 52.5 Å². The second kappa shape index (κ2) is 7.27. The lowest BCUT2D eigenvalue weighted by Gasteiger charge is -2.27. The molecule has 0 aromatic carbocycles. The average Bonchev–Trinajstić information content (AvgIpc) is 2.31. The Kier molecular flexibility index (Phi) is 6.35. The van der Waals surface area contributed by atoms with Gasteiger partial charge in [0, 0.05) is 39.3 Å². The van der Waals surface area contributed by atoms with E-state index < -0.39 is 10.2 Å². The van der Waals surface area contributed by atoms with Crippen molar-refractivity contribution >= 4 is 10.2 Å². The van der Waals surface area contributed by atoms with E-state index in [-0.39, 0.29) is 0 Å². The number of nitrogens with zero attached hydrogens (tertiary/aromatic N) is 2. The zero-order valence-corrected chi connectivity index (χ0v) is 11.5. The standard InChI is InChI=1S/C10H23N3O3S/c1-3-13(4-2)17(14,15)11-5-6-12-7-9-16-10-8-12/h11H,3-10H2,1-2H3. The van der Waals surface area contributed by atoms with Crippen molar-refractivity contribution in [1.29, 1.82) is 0 Å². The highest BCUT2D eigenvalue weighted by atomic mass is 32.2. The molecule has 0 bridgehead atoms. The molecule has 0 aromatic heterocycles. The molecule has 1 heterocycles. The maximum Gasteiger partial charge on any atom is 0.279 e. The van der Waals surface area contributed by atoms with E-state index in [2.05, 4.69) is 9.62 Å². The second-order valence-electron chi connectivity index (χ2n) is 3.94. The Balaban J connectivity index is 2.29. The SMILES string of the molecule is CCN(CC)S(=O)(=O)NCCN1CCOCC1. The highest BCUT2D eigenvalue weighted by Crippen LogP contribution is 1.98. The third-order valence-electron chi connectivity index (χ3n) is 2.86. The van der Waals surface area contributed by atoms with Crippen molar-refractivity contribution in [2.45, 2.75) is 13.8 Å². The molecule has 102 valence electrons. The monoisotopic (exact) mass is 265 g/mol. The van der Waals surface area contributed by atoms with E-state index in [0.29, 0.717) is 19.6 Å². The quantitative estimate of drug-likeness (QED) is 0.674. The summed E-state index contributed by atoms with van der Waals surface area (Å²) in [6.07, 6.45) is 0. The highest BCUT2D eigenvalue weighted by Gasteiger charge is 2.18. The smallest absolute Gasteiger partial charge is 0.279 e. The Morgan fingerprint density at radius 2 is 1.82 bits per heavy atom. The van der Waals surface area contributed by atoms with Crippen molar-refractivity contribution in [2.24, 2.45) is 0 Å². The Bertz CT molecular complexity index is 298. The largest absolute Gasteiger partial charge is 0.379 e. The summed E-state index contributed by atoms with van der Waals surface area (Å²) in [5, 5.41) is 0. The molecule has 0 aromatic rings. The Morgan fingerprint density at radius 3 is 2.35 bits per heavy atom.